The number of H-pyrrole nitrogens is 1. The fraction of sp³-hybridized carbons (Fsp3) is 0.205. The summed E-state index contributed by atoms with van der Waals surface area (Å²) in [4.78, 5) is 59.8. The second kappa shape index (κ2) is 17.3. The number of aromatic nitrogens is 2. The number of nitrogens with zero attached hydrogens (tertiary/aromatic N) is 1. The smallest absolute Gasteiger partial charge is 0.326 e. The lowest BCUT2D eigenvalue weighted by Gasteiger charge is -2.25. The number of phenols is 1. The van der Waals surface area contributed by atoms with E-state index in [1.165, 1.54) is 18.5 Å². The van der Waals surface area contributed by atoms with Crippen molar-refractivity contribution < 1.29 is 29.4 Å². The molecule has 0 aliphatic heterocycles. The standard InChI is InChI=1S/C39H39N5O6/c45-32-18-13-28(14-19-32)21-33(37(47)44-35(39(49)50)22-27-7-3-1-4-8-27)43-38(48)34(23-31-24-40-25-41-31)42-36(46)20-15-26-11-16-30(17-12-26)29-9-5-2-6-10-29/h1-14,16-19,24-25,33-35,45H,15,20-23H2,(H,40,41)(H,42,46)(H,43,48)(H,44,47)(H,49,50)/t33-,34+,35-/m0/s1. The second-order valence-electron chi connectivity index (χ2n) is 12.0. The van der Waals surface area contributed by atoms with Crippen LogP contribution in [0.25, 0.3) is 11.1 Å². The molecule has 4 aromatic carbocycles. The number of carbonyl (C=O) groups is 4. The first-order valence-corrected chi connectivity index (χ1v) is 16.3. The van der Waals surface area contributed by atoms with Gasteiger partial charge in [0.2, 0.25) is 17.7 Å². The SMILES string of the molecule is O=C(CCc1ccc(-c2ccccc2)cc1)N[C@H](Cc1cnc[nH]1)C(=O)N[C@@H](Cc1ccc(O)cc1)C(=O)N[C@@H](Cc1ccccc1)C(=O)O. The van der Waals surface area contributed by atoms with Crippen LogP contribution in [0.15, 0.2) is 122 Å². The van der Waals surface area contributed by atoms with E-state index in [1.807, 2.05) is 60.7 Å². The average Bonchev–Trinajstić information content (AvgIpc) is 3.65. The molecule has 0 aliphatic rings. The molecule has 5 rings (SSSR count). The van der Waals surface area contributed by atoms with Gasteiger partial charge in [0.15, 0.2) is 0 Å². The van der Waals surface area contributed by atoms with Crippen LogP contribution in [0, 0.1) is 0 Å². The maximum atomic E-state index is 13.8. The van der Waals surface area contributed by atoms with E-state index in [9.17, 15) is 29.4 Å². The van der Waals surface area contributed by atoms with Crippen LogP contribution in [0.3, 0.4) is 0 Å². The Morgan fingerprint density at radius 2 is 1.16 bits per heavy atom. The Kier molecular flexibility index (Phi) is 12.1. The first kappa shape index (κ1) is 35.1. The highest BCUT2D eigenvalue weighted by molar-refractivity contribution is 5.93. The van der Waals surface area contributed by atoms with Crippen molar-refractivity contribution in [3.05, 3.63) is 144 Å². The number of hydrogen-bond donors (Lipinski definition) is 6. The van der Waals surface area contributed by atoms with Crippen molar-refractivity contribution in [3.63, 3.8) is 0 Å². The summed E-state index contributed by atoms with van der Waals surface area (Å²) in [7, 11) is 0. The number of amides is 3. The third kappa shape index (κ3) is 10.4. The molecule has 1 heterocycles. The summed E-state index contributed by atoms with van der Waals surface area (Å²) in [5.74, 6) is -2.89. The molecule has 1 aromatic heterocycles. The Labute approximate surface area is 289 Å². The van der Waals surface area contributed by atoms with Gasteiger partial charge in [-0.3, -0.25) is 14.4 Å². The molecule has 0 unspecified atom stereocenters. The molecule has 6 N–H and O–H groups in total. The first-order valence-electron chi connectivity index (χ1n) is 16.3. The molecule has 3 amide bonds. The molecule has 11 nitrogen and oxygen atoms in total. The Morgan fingerprint density at radius 3 is 1.78 bits per heavy atom. The zero-order chi connectivity index (χ0) is 35.3. The van der Waals surface area contributed by atoms with Crippen molar-refractivity contribution in [1.29, 1.82) is 0 Å². The fourth-order valence-electron chi connectivity index (χ4n) is 5.52. The van der Waals surface area contributed by atoms with Crippen LogP contribution in [0.2, 0.25) is 0 Å². The molecule has 50 heavy (non-hydrogen) atoms. The van der Waals surface area contributed by atoms with Gasteiger partial charge in [-0.25, -0.2) is 9.78 Å². The average molecular weight is 674 g/mol. The Morgan fingerprint density at radius 1 is 0.620 bits per heavy atom. The lowest BCUT2D eigenvalue weighted by Crippen LogP contribution is -2.57. The number of carboxylic acids is 1. The Hall–Kier alpha value is -6.23. The Balaban J connectivity index is 1.28. The number of aromatic amines is 1. The van der Waals surface area contributed by atoms with Crippen molar-refractivity contribution in [2.24, 2.45) is 0 Å². The number of carboxylic acid groups (broad SMARTS) is 1. The number of rotatable bonds is 16. The zero-order valence-electron chi connectivity index (χ0n) is 27.3. The summed E-state index contributed by atoms with van der Waals surface area (Å²) < 4.78 is 0. The second-order valence-corrected chi connectivity index (χ2v) is 12.0. The first-order chi connectivity index (χ1) is 24.2. The monoisotopic (exact) mass is 673 g/mol. The van der Waals surface area contributed by atoms with E-state index in [0.29, 0.717) is 23.2 Å². The molecule has 5 aromatic rings. The highest BCUT2D eigenvalue weighted by Crippen LogP contribution is 2.20. The summed E-state index contributed by atoms with van der Waals surface area (Å²) in [6.07, 6.45) is 3.68. The van der Waals surface area contributed by atoms with Crippen LogP contribution in [0.5, 0.6) is 5.75 Å². The van der Waals surface area contributed by atoms with Gasteiger partial charge in [-0.05, 0) is 46.4 Å². The summed E-state index contributed by atoms with van der Waals surface area (Å²) in [6, 6.07) is 29.4. The molecule has 0 bridgehead atoms. The van der Waals surface area contributed by atoms with Crippen LogP contribution in [-0.2, 0) is 44.9 Å². The minimum Gasteiger partial charge on any atom is -0.508 e. The largest absolute Gasteiger partial charge is 0.508 e. The van der Waals surface area contributed by atoms with Gasteiger partial charge in [-0.1, -0.05) is 97.1 Å². The van der Waals surface area contributed by atoms with Crippen molar-refractivity contribution >= 4 is 23.7 Å². The normalized spacial score (nSPS) is 12.6. The number of aliphatic carboxylic acids is 1. The van der Waals surface area contributed by atoms with Gasteiger partial charge in [-0.2, -0.15) is 0 Å². The number of aryl methyl sites for hydroxylation is 1. The molecule has 0 aliphatic carbocycles. The molecule has 0 fully saturated rings. The van der Waals surface area contributed by atoms with Crippen molar-refractivity contribution in [1.82, 2.24) is 25.9 Å². The fourth-order valence-corrected chi connectivity index (χ4v) is 5.52. The van der Waals surface area contributed by atoms with E-state index < -0.39 is 35.9 Å². The molecule has 0 spiro atoms. The predicted octanol–water partition coefficient (Wildman–Crippen LogP) is 3.98. The number of imidazole rings is 1. The number of phenolic OH excluding ortho intramolecular Hbond substituents is 1. The van der Waals surface area contributed by atoms with Gasteiger partial charge in [0.1, 0.15) is 23.9 Å². The highest BCUT2D eigenvalue weighted by atomic mass is 16.4. The van der Waals surface area contributed by atoms with Gasteiger partial charge >= 0.3 is 5.97 Å². The molecule has 3 atom stereocenters. The van der Waals surface area contributed by atoms with E-state index >= 15 is 0 Å². The van der Waals surface area contributed by atoms with Crippen molar-refractivity contribution in [3.8, 4) is 16.9 Å². The van der Waals surface area contributed by atoms with E-state index in [-0.39, 0.29) is 37.3 Å². The van der Waals surface area contributed by atoms with Gasteiger partial charge in [0.05, 0.1) is 6.33 Å². The van der Waals surface area contributed by atoms with Crippen LogP contribution in [-0.4, -0.2) is 62.0 Å². The maximum Gasteiger partial charge on any atom is 0.326 e. The van der Waals surface area contributed by atoms with Crippen LogP contribution < -0.4 is 16.0 Å². The lowest BCUT2D eigenvalue weighted by molar-refractivity contribution is -0.142. The summed E-state index contributed by atoms with van der Waals surface area (Å²) in [5, 5.41) is 27.8. The molecule has 256 valence electrons. The molecular formula is C39H39N5O6. The van der Waals surface area contributed by atoms with E-state index in [0.717, 1.165) is 16.7 Å². The van der Waals surface area contributed by atoms with Gasteiger partial charge in [0, 0.05) is 37.6 Å². The third-order valence-corrected chi connectivity index (χ3v) is 8.24. The third-order valence-electron chi connectivity index (χ3n) is 8.24. The molecule has 0 saturated heterocycles. The summed E-state index contributed by atoms with van der Waals surface area (Å²) in [6.45, 7) is 0. The minimum absolute atomic E-state index is 0.000764. The Bertz CT molecular complexity index is 1850. The molecular weight excluding hydrogens is 634 g/mol. The number of nitrogens with one attached hydrogen (secondary N) is 4. The molecule has 0 radical (unpaired) electrons. The number of hydrogen-bond acceptors (Lipinski definition) is 6. The van der Waals surface area contributed by atoms with Gasteiger partial charge in [0.25, 0.3) is 0 Å². The van der Waals surface area contributed by atoms with Gasteiger partial charge in [-0.15, -0.1) is 0 Å². The molecule has 11 heteroatoms. The highest BCUT2D eigenvalue weighted by Gasteiger charge is 2.30. The van der Waals surface area contributed by atoms with Crippen molar-refractivity contribution in [2.45, 2.75) is 50.2 Å². The van der Waals surface area contributed by atoms with E-state index in [2.05, 4.69) is 25.9 Å². The van der Waals surface area contributed by atoms with Crippen LogP contribution in [0.4, 0.5) is 0 Å². The number of aromatic hydroxyl groups is 1. The van der Waals surface area contributed by atoms with Crippen molar-refractivity contribution in [2.75, 3.05) is 0 Å². The van der Waals surface area contributed by atoms with Crippen LogP contribution >= 0.6 is 0 Å². The maximum absolute atomic E-state index is 13.8. The van der Waals surface area contributed by atoms with E-state index in [1.54, 1.807) is 42.6 Å². The molecule has 0 saturated carbocycles. The van der Waals surface area contributed by atoms with Gasteiger partial charge < -0.3 is 31.1 Å². The van der Waals surface area contributed by atoms with Crippen LogP contribution in [0.1, 0.15) is 28.8 Å². The minimum atomic E-state index is -1.26. The number of benzene rings is 4. The van der Waals surface area contributed by atoms with E-state index in [4.69, 9.17) is 0 Å². The predicted molar refractivity (Wildman–Crippen MR) is 188 cm³/mol. The topological polar surface area (TPSA) is 174 Å². The quantitative estimate of drug-likeness (QED) is 0.0919. The summed E-state index contributed by atoms with van der Waals surface area (Å²) >= 11 is 0. The zero-order valence-corrected chi connectivity index (χ0v) is 27.3. The number of carbonyl (C=O) groups excluding carboxylic acids is 3. The lowest BCUT2D eigenvalue weighted by atomic mass is 10.0. The summed E-state index contributed by atoms with van der Waals surface area (Å²) in [5.41, 5.74) is 5.05.